The molecule has 0 spiro atoms. The van der Waals surface area contributed by atoms with Crippen molar-refractivity contribution in [2.24, 2.45) is 7.05 Å². The van der Waals surface area contributed by atoms with Gasteiger partial charge in [-0.3, -0.25) is 9.48 Å². The van der Waals surface area contributed by atoms with Gasteiger partial charge in [0.05, 0.1) is 6.20 Å². The highest BCUT2D eigenvalue weighted by molar-refractivity contribution is 6.02. The van der Waals surface area contributed by atoms with Crippen LogP contribution in [-0.4, -0.2) is 30.6 Å². The molecule has 0 atom stereocenters. The van der Waals surface area contributed by atoms with Gasteiger partial charge in [0, 0.05) is 24.5 Å². The molecule has 0 bridgehead atoms. The second kappa shape index (κ2) is 5.86. The lowest BCUT2D eigenvalue weighted by Gasteiger charge is -2.04. The van der Waals surface area contributed by atoms with Crippen LogP contribution in [-0.2, 0) is 7.05 Å². The third-order valence-electron chi connectivity index (χ3n) is 4.07. The molecule has 0 aliphatic heterocycles. The first-order valence-corrected chi connectivity index (χ1v) is 7.83. The Balaban J connectivity index is 1.66. The summed E-state index contributed by atoms with van der Waals surface area (Å²) >= 11 is 0. The van der Waals surface area contributed by atoms with E-state index in [0.717, 1.165) is 16.8 Å². The highest BCUT2D eigenvalue weighted by atomic mass is 16.2. The maximum atomic E-state index is 12.3. The van der Waals surface area contributed by atoms with E-state index in [1.165, 1.54) is 10.2 Å². The van der Waals surface area contributed by atoms with Crippen molar-refractivity contribution in [2.45, 2.75) is 6.92 Å². The molecule has 0 fully saturated rings. The quantitative estimate of drug-likeness (QED) is 0.604. The molecule has 7 nitrogen and oxygen atoms in total. The van der Waals surface area contributed by atoms with E-state index in [2.05, 4.69) is 38.4 Å². The average Bonchev–Trinajstić information content (AvgIpc) is 3.20. The number of rotatable bonds is 3. The molecule has 1 aromatic carbocycles. The smallest absolute Gasteiger partial charge is 0.275 e. The van der Waals surface area contributed by atoms with Gasteiger partial charge >= 0.3 is 0 Å². The summed E-state index contributed by atoms with van der Waals surface area (Å²) in [6.07, 6.45) is 3.12. The molecule has 3 heterocycles. The minimum Gasteiger partial charge on any atom is -0.338 e. The van der Waals surface area contributed by atoms with Crippen LogP contribution in [0.4, 0.5) is 5.82 Å². The number of aromatic nitrogens is 5. The minimum atomic E-state index is -0.278. The van der Waals surface area contributed by atoms with Crippen molar-refractivity contribution < 1.29 is 4.79 Å². The zero-order valence-corrected chi connectivity index (χ0v) is 13.8. The lowest BCUT2D eigenvalue weighted by Crippen LogP contribution is -2.17. The van der Waals surface area contributed by atoms with Crippen LogP contribution in [0.3, 0.4) is 0 Å². The second-order valence-corrected chi connectivity index (χ2v) is 5.78. The van der Waals surface area contributed by atoms with Crippen molar-refractivity contribution >= 4 is 22.9 Å². The largest absolute Gasteiger partial charge is 0.338 e. The Labute approximate surface area is 143 Å². The summed E-state index contributed by atoms with van der Waals surface area (Å²) in [5.74, 6) is 0.108. The van der Waals surface area contributed by atoms with Gasteiger partial charge in [0.1, 0.15) is 11.2 Å². The predicted octanol–water partition coefficient (Wildman–Crippen LogP) is 2.92. The molecule has 7 heteroatoms. The SMILES string of the molecule is Cc1ccccc1-c1cc2ncc(NC(=O)c3ccnn3C)nc2[nH]1. The van der Waals surface area contributed by atoms with Crippen LogP contribution < -0.4 is 5.32 Å². The van der Waals surface area contributed by atoms with Crippen LogP contribution in [0.15, 0.2) is 48.8 Å². The van der Waals surface area contributed by atoms with Gasteiger partial charge in [-0.15, -0.1) is 0 Å². The zero-order chi connectivity index (χ0) is 17.4. The van der Waals surface area contributed by atoms with Gasteiger partial charge in [0.2, 0.25) is 0 Å². The first-order chi connectivity index (χ1) is 12.1. The number of hydrogen-bond acceptors (Lipinski definition) is 4. The van der Waals surface area contributed by atoms with Gasteiger partial charge in [-0.1, -0.05) is 24.3 Å². The lowest BCUT2D eigenvalue weighted by molar-refractivity contribution is 0.101. The summed E-state index contributed by atoms with van der Waals surface area (Å²) in [7, 11) is 1.71. The van der Waals surface area contributed by atoms with Gasteiger partial charge < -0.3 is 10.3 Å². The van der Waals surface area contributed by atoms with Gasteiger partial charge in [0.25, 0.3) is 5.91 Å². The number of aromatic amines is 1. The molecule has 0 unspecified atom stereocenters. The molecule has 3 aromatic heterocycles. The Morgan fingerprint density at radius 2 is 2.08 bits per heavy atom. The fourth-order valence-electron chi connectivity index (χ4n) is 2.75. The molecule has 4 rings (SSSR count). The van der Waals surface area contributed by atoms with E-state index in [1.807, 2.05) is 24.3 Å². The number of nitrogens with zero attached hydrogens (tertiary/aromatic N) is 4. The Kier molecular flexibility index (Phi) is 3.53. The highest BCUT2D eigenvalue weighted by Crippen LogP contribution is 2.25. The van der Waals surface area contributed by atoms with E-state index in [4.69, 9.17) is 0 Å². The van der Waals surface area contributed by atoms with Crippen molar-refractivity contribution in [1.29, 1.82) is 0 Å². The van der Waals surface area contributed by atoms with Gasteiger partial charge in [-0.25, -0.2) is 9.97 Å². The van der Waals surface area contributed by atoms with Crippen molar-refractivity contribution in [3.63, 3.8) is 0 Å². The Bertz CT molecular complexity index is 1080. The molecule has 1 amide bonds. The molecular weight excluding hydrogens is 316 g/mol. The summed E-state index contributed by atoms with van der Waals surface area (Å²) < 4.78 is 1.51. The van der Waals surface area contributed by atoms with E-state index < -0.39 is 0 Å². The van der Waals surface area contributed by atoms with Gasteiger partial charge in [-0.2, -0.15) is 5.10 Å². The molecule has 0 aliphatic carbocycles. The third-order valence-corrected chi connectivity index (χ3v) is 4.07. The van der Waals surface area contributed by atoms with E-state index in [1.54, 1.807) is 25.5 Å². The number of amides is 1. The Hall–Kier alpha value is -3.48. The predicted molar refractivity (Wildman–Crippen MR) is 95.2 cm³/mol. The monoisotopic (exact) mass is 332 g/mol. The van der Waals surface area contributed by atoms with Crippen LogP contribution >= 0.6 is 0 Å². The van der Waals surface area contributed by atoms with Crippen LogP contribution in [0.5, 0.6) is 0 Å². The summed E-state index contributed by atoms with van der Waals surface area (Å²) in [4.78, 5) is 24.4. The lowest BCUT2D eigenvalue weighted by atomic mass is 10.1. The Morgan fingerprint density at radius 3 is 2.84 bits per heavy atom. The number of carbonyl (C=O) groups excluding carboxylic acids is 1. The molecule has 4 aromatic rings. The molecule has 2 N–H and O–H groups in total. The number of H-pyrrole nitrogens is 1. The molecular formula is C18H16N6O. The normalized spacial score (nSPS) is 11.0. The maximum Gasteiger partial charge on any atom is 0.275 e. The molecule has 0 aliphatic rings. The van der Waals surface area contributed by atoms with Crippen molar-refractivity contribution in [2.75, 3.05) is 5.32 Å². The highest BCUT2D eigenvalue weighted by Gasteiger charge is 2.13. The molecule has 25 heavy (non-hydrogen) atoms. The fraction of sp³-hybridized carbons (Fsp3) is 0.111. The van der Waals surface area contributed by atoms with Crippen molar-refractivity contribution in [1.82, 2.24) is 24.7 Å². The van der Waals surface area contributed by atoms with Gasteiger partial charge in [-0.05, 0) is 24.6 Å². The maximum absolute atomic E-state index is 12.3. The number of carbonyl (C=O) groups is 1. The Morgan fingerprint density at radius 1 is 1.24 bits per heavy atom. The second-order valence-electron chi connectivity index (χ2n) is 5.78. The number of benzene rings is 1. The first kappa shape index (κ1) is 15.1. The number of fused-ring (bicyclic) bond motifs is 1. The average molecular weight is 332 g/mol. The number of nitrogens with one attached hydrogen (secondary N) is 2. The summed E-state index contributed by atoms with van der Waals surface area (Å²) in [5, 5.41) is 6.73. The minimum absolute atomic E-state index is 0.278. The number of anilines is 1. The van der Waals surface area contributed by atoms with Crippen molar-refractivity contribution in [3.05, 3.63) is 60.0 Å². The summed E-state index contributed by atoms with van der Waals surface area (Å²) in [6.45, 7) is 2.06. The van der Waals surface area contributed by atoms with E-state index in [-0.39, 0.29) is 5.91 Å². The van der Waals surface area contributed by atoms with Gasteiger partial charge in [0.15, 0.2) is 11.5 Å². The zero-order valence-electron chi connectivity index (χ0n) is 13.8. The molecule has 0 radical (unpaired) electrons. The summed E-state index contributed by atoms with van der Waals surface area (Å²) in [6, 6.07) is 11.7. The fourth-order valence-corrected chi connectivity index (χ4v) is 2.75. The van der Waals surface area contributed by atoms with Crippen LogP contribution in [0.2, 0.25) is 0 Å². The topological polar surface area (TPSA) is 88.5 Å². The molecule has 0 saturated carbocycles. The number of hydrogen-bond donors (Lipinski definition) is 2. The van der Waals surface area contributed by atoms with Crippen LogP contribution in [0.1, 0.15) is 16.1 Å². The van der Waals surface area contributed by atoms with Crippen LogP contribution in [0, 0.1) is 6.92 Å². The van der Waals surface area contributed by atoms with E-state index in [9.17, 15) is 4.79 Å². The summed E-state index contributed by atoms with van der Waals surface area (Å²) in [5.41, 5.74) is 5.04. The molecule has 0 saturated heterocycles. The van der Waals surface area contributed by atoms with E-state index >= 15 is 0 Å². The van der Waals surface area contributed by atoms with E-state index in [0.29, 0.717) is 17.2 Å². The number of aryl methyl sites for hydroxylation is 2. The first-order valence-electron chi connectivity index (χ1n) is 7.83. The van der Waals surface area contributed by atoms with Crippen molar-refractivity contribution in [3.8, 4) is 11.3 Å². The third kappa shape index (κ3) is 2.76. The standard InChI is InChI=1S/C18H16N6O/c1-11-5-3-4-6-12(11)13-9-14-17(21-13)22-16(10-19-14)23-18(25)15-7-8-20-24(15)2/h3-10H,1-2H3,(H2,21,22,23,25). The van der Waals surface area contributed by atoms with Crippen LogP contribution in [0.25, 0.3) is 22.4 Å². The molecule has 124 valence electrons.